The van der Waals surface area contributed by atoms with Gasteiger partial charge >= 0.3 is 12.2 Å². The average Bonchev–Trinajstić information content (AvgIpc) is 2.98. The topological polar surface area (TPSA) is 89.6 Å². The molecule has 0 bridgehead atoms. The molecule has 2 rings (SSSR count). The van der Waals surface area contributed by atoms with Crippen LogP contribution in [-0.2, 0) is 16.1 Å². The summed E-state index contributed by atoms with van der Waals surface area (Å²) in [5, 5.41) is 5.21. The Morgan fingerprint density at radius 1 is 1.08 bits per heavy atom. The lowest BCUT2D eigenvalue weighted by Crippen LogP contribution is -2.27. The monoisotopic (exact) mass is 349 g/mol. The molecule has 0 atom stereocenters. The molecule has 7 nitrogen and oxygen atoms in total. The maximum absolute atomic E-state index is 11.7. The number of rotatable bonds is 4. The second kappa shape index (κ2) is 7.78. The smallest absolute Gasteiger partial charge is 0.412 e. The van der Waals surface area contributed by atoms with Gasteiger partial charge in [-0.15, -0.1) is 11.3 Å². The number of hydrogen-bond acceptors (Lipinski definition) is 6. The molecule has 0 radical (unpaired) electrons. The predicted molar refractivity (Wildman–Crippen MR) is 92.2 cm³/mol. The maximum Gasteiger partial charge on any atom is 0.412 e. The number of ether oxygens (including phenoxy) is 2. The molecule has 0 unspecified atom stereocenters. The third-order valence-electron chi connectivity index (χ3n) is 2.61. The first kappa shape index (κ1) is 17.7. The van der Waals surface area contributed by atoms with Gasteiger partial charge in [-0.05, 0) is 45.0 Å². The van der Waals surface area contributed by atoms with Gasteiger partial charge in [0.2, 0.25) is 0 Å². The Bertz CT molecular complexity index is 678. The first-order valence-corrected chi connectivity index (χ1v) is 8.11. The van der Waals surface area contributed by atoms with Crippen LogP contribution < -0.4 is 10.6 Å². The largest absolute Gasteiger partial charge is 0.444 e. The molecule has 2 N–H and O–H groups in total. The van der Waals surface area contributed by atoms with Gasteiger partial charge in [0, 0.05) is 17.6 Å². The number of anilines is 2. The third kappa shape index (κ3) is 6.25. The van der Waals surface area contributed by atoms with E-state index >= 15 is 0 Å². The van der Waals surface area contributed by atoms with Crippen LogP contribution in [0.2, 0.25) is 0 Å². The summed E-state index contributed by atoms with van der Waals surface area (Å²) in [6, 6.07) is 6.62. The maximum atomic E-state index is 11.7. The van der Waals surface area contributed by atoms with Crippen molar-refractivity contribution in [3.05, 3.63) is 40.8 Å². The molecule has 0 saturated heterocycles. The zero-order valence-electron chi connectivity index (χ0n) is 13.7. The summed E-state index contributed by atoms with van der Waals surface area (Å²) in [7, 11) is 0. The lowest BCUT2D eigenvalue weighted by atomic mass is 10.2. The Hall–Kier alpha value is -2.61. The molecule has 1 aromatic heterocycles. The Labute approximate surface area is 144 Å². The van der Waals surface area contributed by atoms with E-state index in [0.29, 0.717) is 11.4 Å². The van der Waals surface area contributed by atoms with Crippen LogP contribution in [0, 0.1) is 0 Å². The zero-order chi connectivity index (χ0) is 17.6. The molecular formula is C16H19N3O4S. The Morgan fingerprint density at radius 2 is 1.67 bits per heavy atom. The van der Waals surface area contributed by atoms with E-state index in [0.717, 1.165) is 4.88 Å². The van der Waals surface area contributed by atoms with Crippen LogP contribution in [0.15, 0.2) is 36.0 Å². The van der Waals surface area contributed by atoms with E-state index < -0.39 is 17.8 Å². The van der Waals surface area contributed by atoms with Gasteiger partial charge in [-0.3, -0.25) is 15.6 Å². The summed E-state index contributed by atoms with van der Waals surface area (Å²) >= 11 is 1.41. The number of aromatic nitrogens is 1. The van der Waals surface area contributed by atoms with Gasteiger partial charge in [0.15, 0.2) is 0 Å². The minimum Gasteiger partial charge on any atom is -0.444 e. The number of carbonyl (C=O) groups excluding carboxylic acids is 2. The summed E-state index contributed by atoms with van der Waals surface area (Å²) in [6.45, 7) is 5.54. The average molecular weight is 349 g/mol. The van der Waals surface area contributed by atoms with Crippen LogP contribution in [-0.4, -0.2) is 22.8 Å². The van der Waals surface area contributed by atoms with Gasteiger partial charge in [-0.25, -0.2) is 9.59 Å². The van der Waals surface area contributed by atoms with E-state index in [1.165, 1.54) is 11.3 Å². The van der Waals surface area contributed by atoms with Crippen molar-refractivity contribution in [3.8, 4) is 0 Å². The first-order chi connectivity index (χ1) is 11.3. The van der Waals surface area contributed by atoms with E-state index in [4.69, 9.17) is 9.47 Å². The molecule has 0 fully saturated rings. The van der Waals surface area contributed by atoms with Crippen molar-refractivity contribution < 1.29 is 19.1 Å². The molecule has 0 aliphatic rings. The van der Waals surface area contributed by atoms with Gasteiger partial charge < -0.3 is 9.47 Å². The minimum atomic E-state index is -0.562. The highest BCUT2D eigenvalue weighted by Gasteiger charge is 2.16. The molecular weight excluding hydrogens is 330 g/mol. The summed E-state index contributed by atoms with van der Waals surface area (Å²) in [4.78, 5) is 28.1. The second-order valence-corrected chi connectivity index (χ2v) is 6.84. The molecule has 0 aliphatic heterocycles. The molecule has 128 valence electrons. The van der Waals surface area contributed by atoms with Gasteiger partial charge in [-0.1, -0.05) is 0 Å². The van der Waals surface area contributed by atoms with Crippen LogP contribution in [0.4, 0.5) is 21.0 Å². The number of benzene rings is 1. The van der Waals surface area contributed by atoms with Crippen LogP contribution in [0.25, 0.3) is 0 Å². The van der Waals surface area contributed by atoms with Crippen LogP contribution in [0.3, 0.4) is 0 Å². The van der Waals surface area contributed by atoms with E-state index in [2.05, 4.69) is 15.6 Å². The second-order valence-electron chi connectivity index (χ2n) is 5.87. The van der Waals surface area contributed by atoms with E-state index in [9.17, 15) is 9.59 Å². The quantitative estimate of drug-likeness (QED) is 0.862. The van der Waals surface area contributed by atoms with Crippen molar-refractivity contribution in [2.75, 3.05) is 10.6 Å². The Morgan fingerprint density at radius 3 is 2.17 bits per heavy atom. The fraction of sp³-hybridized carbons (Fsp3) is 0.312. The van der Waals surface area contributed by atoms with Crippen molar-refractivity contribution in [1.82, 2.24) is 4.98 Å². The molecule has 2 aromatic rings. The first-order valence-electron chi connectivity index (χ1n) is 7.23. The molecule has 1 heterocycles. The highest BCUT2D eigenvalue weighted by Crippen LogP contribution is 2.16. The standard InChI is InChI=1S/C16H19N3O4S/c1-16(2,3)23-15(21)19-12-6-4-11(5-7-12)18-14(20)22-9-13-8-17-10-24-13/h4-8,10H,9H2,1-3H3,(H,18,20)(H,19,21). The van der Waals surface area contributed by atoms with Crippen molar-refractivity contribution in [1.29, 1.82) is 0 Å². The Kier molecular flexibility index (Phi) is 5.75. The van der Waals surface area contributed by atoms with Crippen molar-refractivity contribution in [2.45, 2.75) is 33.0 Å². The predicted octanol–water partition coefficient (Wildman–Crippen LogP) is 4.24. The number of thiazole rings is 1. The minimum absolute atomic E-state index is 0.175. The molecule has 0 spiro atoms. The summed E-state index contributed by atoms with van der Waals surface area (Å²) < 4.78 is 10.2. The zero-order valence-corrected chi connectivity index (χ0v) is 14.5. The number of hydrogen-bond donors (Lipinski definition) is 2. The normalized spacial score (nSPS) is 10.8. The van der Waals surface area contributed by atoms with Crippen LogP contribution >= 0.6 is 11.3 Å². The highest BCUT2D eigenvalue weighted by atomic mass is 32.1. The van der Waals surface area contributed by atoms with E-state index in [-0.39, 0.29) is 6.61 Å². The summed E-state index contributed by atoms with van der Waals surface area (Å²) in [5.74, 6) is 0. The van der Waals surface area contributed by atoms with Crippen molar-refractivity contribution >= 4 is 34.9 Å². The fourth-order valence-corrected chi connectivity index (χ4v) is 2.17. The lowest BCUT2D eigenvalue weighted by molar-refractivity contribution is 0.0636. The van der Waals surface area contributed by atoms with Gasteiger partial charge in [-0.2, -0.15) is 0 Å². The number of nitrogens with zero attached hydrogens (tertiary/aromatic N) is 1. The SMILES string of the molecule is CC(C)(C)OC(=O)Nc1ccc(NC(=O)OCc2cncs2)cc1. The van der Waals surface area contributed by atoms with Crippen molar-refractivity contribution in [3.63, 3.8) is 0 Å². The summed E-state index contributed by atoms with van der Waals surface area (Å²) in [5.41, 5.74) is 2.23. The van der Waals surface area contributed by atoms with Gasteiger partial charge in [0.1, 0.15) is 12.2 Å². The van der Waals surface area contributed by atoms with Crippen molar-refractivity contribution in [2.24, 2.45) is 0 Å². The van der Waals surface area contributed by atoms with Gasteiger partial charge in [0.05, 0.1) is 10.4 Å². The number of carbonyl (C=O) groups is 2. The number of amides is 2. The lowest BCUT2D eigenvalue weighted by Gasteiger charge is -2.19. The van der Waals surface area contributed by atoms with Crippen LogP contribution in [0.5, 0.6) is 0 Å². The molecule has 0 saturated carbocycles. The third-order valence-corrected chi connectivity index (χ3v) is 3.36. The van der Waals surface area contributed by atoms with E-state index in [1.807, 2.05) is 0 Å². The summed E-state index contributed by atoms with van der Waals surface area (Å²) in [6.07, 6.45) is 0.554. The highest BCUT2D eigenvalue weighted by molar-refractivity contribution is 7.09. The fourth-order valence-electron chi connectivity index (χ4n) is 1.66. The van der Waals surface area contributed by atoms with Crippen LogP contribution in [0.1, 0.15) is 25.6 Å². The molecule has 2 amide bonds. The molecule has 8 heteroatoms. The van der Waals surface area contributed by atoms with Gasteiger partial charge in [0.25, 0.3) is 0 Å². The molecule has 1 aromatic carbocycles. The van der Waals surface area contributed by atoms with E-state index in [1.54, 1.807) is 56.7 Å². The molecule has 24 heavy (non-hydrogen) atoms. The number of nitrogens with one attached hydrogen (secondary N) is 2. The molecule has 0 aliphatic carbocycles. The Balaban J connectivity index is 1.81.